The molecule has 1 amide bonds. The number of nitrogens with one attached hydrogen (secondary N) is 2. The first-order valence-corrected chi connectivity index (χ1v) is 9.92. The summed E-state index contributed by atoms with van der Waals surface area (Å²) in [5, 5.41) is 9.70. The molecule has 0 spiro atoms. The van der Waals surface area contributed by atoms with E-state index < -0.39 is 29.7 Å². The zero-order valence-corrected chi connectivity index (χ0v) is 18.8. The Hall–Kier alpha value is -3.11. The predicted molar refractivity (Wildman–Crippen MR) is 112 cm³/mol. The summed E-state index contributed by atoms with van der Waals surface area (Å²) in [4.78, 5) is 12.7. The van der Waals surface area contributed by atoms with Crippen molar-refractivity contribution >= 4 is 11.7 Å². The van der Waals surface area contributed by atoms with Crippen LogP contribution in [-0.4, -0.2) is 48.7 Å². The van der Waals surface area contributed by atoms with Crippen LogP contribution in [0.3, 0.4) is 0 Å². The highest BCUT2D eigenvalue weighted by Gasteiger charge is 2.47. The molecule has 2 unspecified atom stereocenters. The predicted octanol–water partition coefficient (Wildman–Crippen LogP) is 4.10. The minimum absolute atomic E-state index is 0.000855. The molecule has 2 aromatic rings. The summed E-state index contributed by atoms with van der Waals surface area (Å²) in [6.45, 7) is 5.35. The molecule has 0 saturated carbocycles. The molecule has 0 radical (unpaired) electrons. The van der Waals surface area contributed by atoms with E-state index in [1.54, 1.807) is 32.9 Å². The first-order chi connectivity index (χ1) is 14.9. The third kappa shape index (κ3) is 4.56. The fourth-order valence-corrected chi connectivity index (χ4v) is 3.66. The molecule has 8 nitrogen and oxygen atoms in total. The number of carbonyl (C=O) groups is 1. The SMILES string of the molecule is COc1cc(C2CC(C(F)(F)F)n3ncc(C(=O)NC(C)(C)C)c3N2)cc(OC)c1OC. The van der Waals surface area contributed by atoms with Gasteiger partial charge in [-0.2, -0.15) is 18.3 Å². The molecule has 1 aliphatic heterocycles. The maximum atomic E-state index is 13.9. The Morgan fingerprint density at radius 3 is 2.19 bits per heavy atom. The number of hydrogen-bond acceptors (Lipinski definition) is 6. The van der Waals surface area contributed by atoms with E-state index in [1.165, 1.54) is 21.3 Å². The smallest absolute Gasteiger partial charge is 0.410 e. The zero-order valence-electron chi connectivity index (χ0n) is 18.8. The Balaban J connectivity index is 2.08. The van der Waals surface area contributed by atoms with Gasteiger partial charge in [0.15, 0.2) is 17.5 Å². The van der Waals surface area contributed by atoms with Crippen LogP contribution in [0, 0.1) is 0 Å². The number of anilines is 1. The number of aromatic nitrogens is 2. The van der Waals surface area contributed by atoms with Crippen molar-refractivity contribution in [2.45, 2.75) is 51.0 Å². The molecule has 1 aromatic carbocycles. The molecule has 0 bridgehead atoms. The number of methoxy groups -OCH3 is 3. The van der Waals surface area contributed by atoms with E-state index in [-0.39, 0.29) is 17.8 Å². The summed E-state index contributed by atoms with van der Waals surface area (Å²) in [5.74, 6) is 0.447. The third-order valence-corrected chi connectivity index (χ3v) is 5.06. The molecule has 1 aromatic heterocycles. The Kier molecular flexibility index (Phi) is 6.21. The van der Waals surface area contributed by atoms with E-state index in [0.29, 0.717) is 22.8 Å². The Labute approximate surface area is 184 Å². The average molecular weight is 456 g/mol. The van der Waals surface area contributed by atoms with Crippen molar-refractivity contribution in [2.75, 3.05) is 26.6 Å². The van der Waals surface area contributed by atoms with Crippen molar-refractivity contribution in [1.82, 2.24) is 15.1 Å². The second kappa shape index (κ2) is 8.44. The number of nitrogens with zero attached hydrogens (tertiary/aromatic N) is 2. The van der Waals surface area contributed by atoms with E-state index >= 15 is 0 Å². The quantitative estimate of drug-likeness (QED) is 0.705. The van der Waals surface area contributed by atoms with E-state index in [9.17, 15) is 18.0 Å². The van der Waals surface area contributed by atoms with E-state index in [0.717, 1.165) is 10.9 Å². The van der Waals surface area contributed by atoms with Crippen LogP contribution in [0.15, 0.2) is 18.3 Å². The van der Waals surface area contributed by atoms with Gasteiger partial charge in [0, 0.05) is 12.0 Å². The van der Waals surface area contributed by atoms with Crippen LogP contribution >= 0.6 is 0 Å². The van der Waals surface area contributed by atoms with Gasteiger partial charge in [-0.05, 0) is 38.5 Å². The van der Waals surface area contributed by atoms with Crippen LogP contribution in [0.25, 0.3) is 0 Å². The minimum Gasteiger partial charge on any atom is -0.493 e. The lowest BCUT2D eigenvalue weighted by Gasteiger charge is -2.34. The molecule has 2 atom stereocenters. The second-order valence-corrected chi connectivity index (χ2v) is 8.50. The highest BCUT2D eigenvalue weighted by Crippen LogP contribution is 2.47. The van der Waals surface area contributed by atoms with Crippen molar-refractivity contribution in [1.29, 1.82) is 0 Å². The number of fused-ring (bicyclic) bond motifs is 1. The Morgan fingerprint density at radius 1 is 1.12 bits per heavy atom. The summed E-state index contributed by atoms with van der Waals surface area (Å²) in [6.07, 6.45) is -3.75. The van der Waals surface area contributed by atoms with Crippen LogP contribution in [-0.2, 0) is 0 Å². The van der Waals surface area contributed by atoms with Gasteiger partial charge in [0.1, 0.15) is 11.4 Å². The van der Waals surface area contributed by atoms with Crippen LogP contribution in [0.5, 0.6) is 17.2 Å². The first kappa shape index (κ1) is 23.6. The monoisotopic (exact) mass is 456 g/mol. The molecule has 2 N–H and O–H groups in total. The summed E-state index contributed by atoms with van der Waals surface area (Å²) in [6, 6.07) is 0.473. The van der Waals surface area contributed by atoms with Crippen molar-refractivity contribution in [3.8, 4) is 17.2 Å². The lowest BCUT2D eigenvalue weighted by molar-refractivity contribution is -0.173. The lowest BCUT2D eigenvalue weighted by atomic mass is 9.95. The number of halogens is 3. The van der Waals surface area contributed by atoms with Crippen LogP contribution < -0.4 is 24.8 Å². The van der Waals surface area contributed by atoms with Gasteiger partial charge in [-0.15, -0.1) is 0 Å². The fraction of sp³-hybridized carbons (Fsp3) is 0.524. The van der Waals surface area contributed by atoms with Crippen LogP contribution in [0.2, 0.25) is 0 Å². The molecular weight excluding hydrogens is 429 g/mol. The molecule has 2 heterocycles. The van der Waals surface area contributed by atoms with Gasteiger partial charge in [0.05, 0.1) is 33.6 Å². The lowest BCUT2D eigenvalue weighted by Crippen LogP contribution is -2.41. The Bertz CT molecular complexity index is 973. The highest BCUT2D eigenvalue weighted by atomic mass is 19.4. The van der Waals surface area contributed by atoms with Gasteiger partial charge < -0.3 is 24.8 Å². The topological polar surface area (TPSA) is 86.6 Å². The second-order valence-electron chi connectivity index (χ2n) is 8.50. The summed E-state index contributed by atoms with van der Waals surface area (Å²) < 4.78 is 58.6. The van der Waals surface area contributed by atoms with Gasteiger partial charge in [-0.1, -0.05) is 0 Å². The van der Waals surface area contributed by atoms with Gasteiger partial charge in [-0.3, -0.25) is 4.79 Å². The minimum atomic E-state index is -4.57. The summed E-state index contributed by atoms with van der Waals surface area (Å²) in [7, 11) is 4.30. The van der Waals surface area contributed by atoms with Crippen LogP contribution in [0.4, 0.5) is 19.0 Å². The maximum absolute atomic E-state index is 13.9. The fourth-order valence-electron chi connectivity index (χ4n) is 3.66. The van der Waals surface area contributed by atoms with E-state index in [2.05, 4.69) is 15.7 Å². The number of benzene rings is 1. The van der Waals surface area contributed by atoms with E-state index in [4.69, 9.17) is 14.2 Å². The molecule has 0 saturated heterocycles. The van der Waals surface area contributed by atoms with Crippen LogP contribution in [0.1, 0.15) is 55.2 Å². The van der Waals surface area contributed by atoms with Gasteiger partial charge >= 0.3 is 6.18 Å². The van der Waals surface area contributed by atoms with Crippen molar-refractivity contribution in [2.24, 2.45) is 0 Å². The van der Waals surface area contributed by atoms with Crippen molar-refractivity contribution in [3.63, 3.8) is 0 Å². The number of amides is 1. The molecule has 1 aliphatic rings. The zero-order chi connectivity index (χ0) is 23.8. The molecule has 0 fully saturated rings. The summed E-state index contributed by atoms with van der Waals surface area (Å²) in [5.41, 5.74) is -0.0465. The molecule has 11 heteroatoms. The molecule has 32 heavy (non-hydrogen) atoms. The van der Waals surface area contributed by atoms with E-state index in [1.807, 2.05) is 0 Å². The number of alkyl halides is 3. The molecular formula is C21H27F3N4O4. The summed E-state index contributed by atoms with van der Waals surface area (Å²) >= 11 is 0. The number of ether oxygens (including phenoxy) is 3. The highest BCUT2D eigenvalue weighted by molar-refractivity contribution is 5.99. The maximum Gasteiger partial charge on any atom is 0.410 e. The van der Waals surface area contributed by atoms with Gasteiger partial charge in [-0.25, -0.2) is 4.68 Å². The number of rotatable bonds is 5. The third-order valence-electron chi connectivity index (χ3n) is 5.06. The molecule has 0 aliphatic carbocycles. The van der Waals surface area contributed by atoms with Crippen molar-refractivity contribution < 1.29 is 32.2 Å². The number of carbonyl (C=O) groups excluding carboxylic acids is 1. The normalized spacial score (nSPS) is 18.4. The van der Waals surface area contributed by atoms with Gasteiger partial charge in [0.2, 0.25) is 5.75 Å². The Morgan fingerprint density at radius 2 is 1.72 bits per heavy atom. The average Bonchev–Trinajstić information content (AvgIpc) is 3.13. The molecule has 3 rings (SSSR count). The number of hydrogen-bond donors (Lipinski definition) is 2. The largest absolute Gasteiger partial charge is 0.493 e. The molecule has 176 valence electrons. The first-order valence-electron chi connectivity index (χ1n) is 9.92. The van der Waals surface area contributed by atoms with Gasteiger partial charge in [0.25, 0.3) is 5.91 Å². The standard InChI is InChI=1S/C21H27F3N4O4/c1-20(2,3)27-19(29)12-10-25-28-16(21(22,23)24)9-13(26-18(12)28)11-7-14(30-4)17(32-6)15(8-11)31-5/h7-8,10,13,16,26H,9H2,1-6H3,(H,27,29). The van der Waals surface area contributed by atoms with Crippen molar-refractivity contribution in [3.05, 3.63) is 29.5 Å².